The Morgan fingerprint density at radius 1 is 0.364 bits per heavy atom. The highest BCUT2D eigenvalue weighted by Crippen LogP contribution is 2.26. The number of nitrogens with zero attached hydrogens (tertiary/aromatic N) is 2. The van der Waals surface area contributed by atoms with Crippen molar-refractivity contribution in [3.05, 3.63) is 146 Å². The average Bonchev–Trinajstić information content (AvgIpc) is 3.10. The molecule has 0 unspecified atom stereocenters. The molecule has 0 aliphatic carbocycles. The van der Waals surface area contributed by atoms with E-state index in [9.17, 15) is 0 Å². The van der Waals surface area contributed by atoms with Crippen molar-refractivity contribution in [2.45, 2.75) is 27.7 Å². The summed E-state index contributed by atoms with van der Waals surface area (Å²) in [5.41, 5.74) is 0. The Balaban J connectivity index is 1.58. The third-order valence-electron chi connectivity index (χ3n) is 8.43. The fourth-order valence-electron chi connectivity index (χ4n) is 6.34. The van der Waals surface area contributed by atoms with Crippen molar-refractivity contribution in [1.29, 1.82) is 0 Å². The summed E-state index contributed by atoms with van der Waals surface area (Å²) in [7, 11) is -5.65. The van der Waals surface area contributed by atoms with E-state index in [1.165, 1.54) is 20.7 Å². The van der Waals surface area contributed by atoms with Crippen LogP contribution in [0.1, 0.15) is 27.7 Å². The zero-order chi connectivity index (χ0) is 30.8. The molecule has 0 spiro atoms. The molecule has 226 valence electrons. The lowest BCUT2D eigenvalue weighted by Crippen LogP contribution is -2.74. The molecule has 0 heterocycles. The van der Waals surface area contributed by atoms with E-state index in [-0.39, 0.29) is 0 Å². The van der Waals surface area contributed by atoms with Gasteiger partial charge in [0, 0.05) is 0 Å². The van der Waals surface area contributed by atoms with Gasteiger partial charge in [-0.25, -0.2) is 0 Å². The van der Waals surface area contributed by atoms with E-state index in [2.05, 4.69) is 182 Å². The van der Waals surface area contributed by atoms with E-state index in [1.807, 2.05) is 0 Å². The van der Waals surface area contributed by atoms with Gasteiger partial charge >= 0.3 is 17.0 Å². The minimum atomic E-state index is -2.82. The highest BCUT2D eigenvalue weighted by Gasteiger charge is 2.48. The molecule has 0 N–H and O–H groups in total. The molecule has 0 saturated carbocycles. The highest BCUT2D eigenvalue weighted by molar-refractivity contribution is 6.96. The molecular weight excluding hydrogens is 573 g/mol. The molecule has 4 nitrogen and oxygen atoms in total. The summed E-state index contributed by atoms with van der Waals surface area (Å²) in [4.78, 5) is 0. The van der Waals surface area contributed by atoms with Crippen molar-refractivity contribution in [1.82, 2.24) is 9.13 Å². The maximum atomic E-state index is 7.27. The van der Waals surface area contributed by atoms with Gasteiger partial charge < -0.3 is 8.85 Å². The third kappa shape index (κ3) is 6.17. The third-order valence-corrected chi connectivity index (χ3v) is 17.0. The van der Waals surface area contributed by atoms with Crippen LogP contribution in [0, 0.1) is 0 Å². The molecule has 0 bridgehead atoms. The van der Waals surface area contributed by atoms with Gasteiger partial charge in [0.1, 0.15) is 11.5 Å². The van der Waals surface area contributed by atoms with Gasteiger partial charge in [0.15, 0.2) is 0 Å². The molecule has 0 fully saturated rings. The van der Waals surface area contributed by atoms with E-state index >= 15 is 0 Å². The average molecular weight is 617 g/mol. The van der Waals surface area contributed by atoms with E-state index in [1.54, 1.807) is 0 Å². The lowest BCUT2D eigenvalue weighted by molar-refractivity contribution is 0.385. The predicted octanol–water partition coefficient (Wildman–Crippen LogP) is 5.64. The first-order valence-electron chi connectivity index (χ1n) is 15.8. The Morgan fingerprint density at radius 2 is 0.591 bits per heavy atom. The maximum Gasteiger partial charge on any atom is 0.398 e. The zero-order valence-corrected chi connectivity index (χ0v) is 28.4. The molecule has 0 aromatic heterocycles. The number of hydrogen-bond donors (Lipinski definition) is 0. The van der Waals surface area contributed by atoms with Crippen molar-refractivity contribution in [2.75, 3.05) is 26.2 Å². The molecule has 5 aromatic rings. The Hall–Kier alpha value is -3.95. The molecule has 6 heteroatoms. The fraction of sp³-hybridized carbons (Fsp3) is 0.211. The van der Waals surface area contributed by atoms with E-state index < -0.39 is 17.0 Å². The summed E-state index contributed by atoms with van der Waals surface area (Å²) < 4.78 is 19.6. The molecule has 44 heavy (non-hydrogen) atoms. The summed E-state index contributed by atoms with van der Waals surface area (Å²) in [5, 5.41) is 4.93. The van der Waals surface area contributed by atoms with Crippen molar-refractivity contribution in [3.8, 4) is 11.5 Å². The van der Waals surface area contributed by atoms with Crippen LogP contribution in [0.4, 0.5) is 0 Å². The van der Waals surface area contributed by atoms with Crippen molar-refractivity contribution in [3.63, 3.8) is 0 Å². The minimum Gasteiger partial charge on any atom is -0.522 e. The Morgan fingerprint density at radius 3 is 0.795 bits per heavy atom. The second-order valence-corrected chi connectivity index (χ2v) is 17.3. The minimum absolute atomic E-state index is 0.846. The predicted molar refractivity (Wildman–Crippen MR) is 189 cm³/mol. The maximum absolute atomic E-state index is 7.27. The van der Waals surface area contributed by atoms with Gasteiger partial charge in [0.25, 0.3) is 0 Å². The van der Waals surface area contributed by atoms with Crippen LogP contribution in [0.25, 0.3) is 0 Å². The van der Waals surface area contributed by atoms with Gasteiger partial charge in [-0.3, -0.25) is 9.13 Å². The molecular formula is C38H44N2O2Si2. The van der Waals surface area contributed by atoms with Gasteiger partial charge in [0.05, 0.1) is 0 Å². The van der Waals surface area contributed by atoms with E-state index in [4.69, 9.17) is 8.85 Å². The summed E-state index contributed by atoms with van der Waals surface area (Å²) in [5.74, 6) is 1.69. The Bertz CT molecular complexity index is 1350. The summed E-state index contributed by atoms with van der Waals surface area (Å²) in [6.45, 7) is 12.5. The smallest absolute Gasteiger partial charge is 0.398 e. The molecule has 0 amide bonds. The zero-order valence-electron chi connectivity index (χ0n) is 26.4. The van der Waals surface area contributed by atoms with Crippen LogP contribution in [-0.2, 0) is 0 Å². The molecule has 0 radical (unpaired) electrons. The van der Waals surface area contributed by atoms with Crippen LogP contribution in [0.5, 0.6) is 11.5 Å². The normalized spacial score (nSPS) is 12.0. The molecule has 5 aromatic carbocycles. The van der Waals surface area contributed by atoms with Crippen LogP contribution in [0.2, 0.25) is 0 Å². The topological polar surface area (TPSA) is 24.9 Å². The quantitative estimate of drug-likeness (QED) is 0.151. The van der Waals surface area contributed by atoms with Gasteiger partial charge in [-0.05, 0) is 71.2 Å². The van der Waals surface area contributed by atoms with Crippen molar-refractivity contribution < 1.29 is 8.85 Å². The Kier molecular flexibility index (Phi) is 10.5. The van der Waals surface area contributed by atoms with Crippen LogP contribution < -0.4 is 29.6 Å². The van der Waals surface area contributed by atoms with Gasteiger partial charge in [-0.1, -0.05) is 149 Å². The second kappa shape index (κ2) is 14.7. The fourth-order valence-corrected chi connectivity index (χ4v) is 14.5. The lowest BCUT2D eigenvalue weighted by atomic mass is 10.3. The van der Waals surface area contributed by atoms with Gasteiger partial charge in [-0.2, -0.15) is 0 Å². The van der Waals surface area contributed by atoms with Crippen LogP contribution in [0.3, 0.4) is 0 Å². The SMILES string of the molecule is CCN(CC)[Si](Oc1ccc(O[Si](c2ccccc2)(c2ccccc2)N(CC)CC)cc1)(c1ccccc1)c1ccccc1. The molecule has 0 aliphatic rings. The molecule has 0 atom stereocenters. The lowest BCUT2D eigenvalue weighted by Gasteiger charge is -2.41. The molecule has 0 aliphatic heterocycles. The van der Waals surface area contributed by atoms with E-state index in [0.29, 0.717) is 0 Å². The van der Waals surface area contributed by atoms with Gasteiger partial charge in [0.2, 0.25) is 0 Å². The first-order chi connectivity index (χ1) is 21.6. The first-order valence-corrected chi connectivity index (χ1v) is 19.5. The number of rotatable bonds is 14. The van der Waals surface area contributed by atoms with Crippen LogP contribution in [0.15, 0.2) is 146 Å². The van der Waals surface area contributed by atoms with Crippen molar-refractivity contribution in [2.24, 2.45) is 0 Å². The van der Waals surface area contributed by atoms with E-state index in [0.717, 1.165) is 37.7 Å². The van der Waals surface area contributed by atoms with Crippen LogP contribution >= 0.6 is 0 Å². The summed E-state index contributed by atoms with van der Waals surface area (Å²) in [6, 6.07) is 51.4. The largest absolute Gasteiger partial charge is 0.522 e. The highest BCUT2D eigenvalue weighted by atomic mass is 28.4. The number of benzene rings is 5. The standard InChI is InChI=1S/C38H44N2O2Si2/c1-5-39(6-2)43(35-21-13-9-14-22-35,36-23-15-10-16-24-36)41-33-29-31-34(32-30-33)42-44(40(7-3)8-4,37-25-17-11-18-26-37)38-27-19-12-20-28-38/h9-32H,5-8H2,1-4H3. The van der Waals surface area contributed by atoms with Crippen LogP contribution in [-0.4, -0.2) is 52.3 Å². The Labute approximate surface area is 265 Å². The monoisotopic (exact) mass is 616 g/mol. The second-order valence-electron chi connectivity index (χ2n) is 10.8. The number of hydrogen-bond acceptors (Lipinski definition) is 4. The van der Waals surface area contributed by atoms with Gasteiger partial charge in [-0.15, -0.1) is 0 Å². The summed E-state index contributed by atoms with van der Waals surface area (Å²) >= 11 is 0. The molecule has 0 saturated heterocycles. The first kappa shape index (κ1) is 31.5. The molecule has 5 rings (SSSR count). The van der Waals surface area contributed by atoms with Crippen molar-refractivity contribution >= 4 is 37.7 Å². The summed E-state index contributed by atoms with van der Waals surface area (Å²) in [6.07, 6.45) is 0.